The molecule has 2 aliphatic rings. The number of esters is 1. The van der Waals surface area contributed by atoms with E-state index in [1.54, 1.807) is 48.5 Å². The highest BCUT2D eigenvalue weighted by Crippen LogP contribution is 2.29. The summed E-state index contributed by atoms with van der Waals surface area (Å²) < 4.78 is 11.6. The zero-order valence-corrected chi connectivity index (χ0v) is 61.8. The molecule has 0 spiro atoms. The lowest BCUT2D eigenvalue weighted by Gasteiger charge is -2.29. The van der Waals surface area contributed by atoms with E-state index in [1.165, 1.54) is 12.4 Å². The molecular weight excluding hydrogens is 1480 g/mol. The molecule has 0 radical (unpaired) electrons. The lowest BCUT2D eigenvalue weighted by Crippen LogP contribution is -2.62. The number of aliphatic hydroxyl groups excluding tert-OH is 2. The van der Waals surface area contributed by atoms with Crippen molar-refractivity contribution >= 4 is 123 Å². The van der Waals surface area contributed by atoms with Crippen LogP contribution in [0.1, 0.15) is 133 Å². The van der Waals surface area contributed by atoms with Crippen LogP contribution in [0.2, 0.25) is 0 Å². The molecule has 0 aliphatic carbocycles. The number of primary amides is 1. The number of phenolic OH excluding ortho intramolecular Hbond substituents is 1. The molecule has 0 bridgehead atoms. The van der Waals surface area contributed by atoms with Gasteiger partial charge in [0.15, 0.2) is 6.10 Å². The molecule has 610 valence electrons. The molecule has 2 saturated heterocycles. The van der Waals surface area contributed by atoms with Gasteiger partial charge < -0.3 is 114 Å². The predicted octanol–water partition coefficient (Wildman–Crippen LogP) is -1.66. The van der Waals surface area contributed by atoms with Crippen LogP contribution in [-0.2, 0) is 92.6 Å². The van der Waals surface area contributed by atoms with Crippen LogP contribution in [0.4, 0.5) is 0 Å². The van der Waals surface area contributed by atoms with Gasteiger partial charge in [0.2, 0.25) is 59.1 Å². The first-order chi connectivity index (χ1) is 53.7. The van der Waals surface area contributed by atoms with Crippen LogP contribution < -0.4 is 64.2 Å². The Labute approximate surface area is 644 Å². The number of aliphatic hydroxyl groups is 2. The summed E-state index contributed by atoms with van der Waals surface area (Å²) in [7, 11) is 0. The fourth-order valence-electron chi connectivity index (χ4n) is 12.3. The second kappa shape index (κ2) is 42.2. The van der Waals surface area contributed by atoms with Gasteiger partial charge in [-0.3, -0.25) is 77.2 Å². The summed E-state index contributed by atoms with van der Waals surface area (Å²) in [5.74, 6) is -23.2. The molecule has 2 aromatic heterocycles. The highest BCUT2D eigenvalue weighted by atomic mass is 16.6. The molecule has 0 saturated carbocycles. The van der Waals surface area contributed by atoms with Crippen molar-refractivity contribution in [3.63, 3.8) is 0 Å². The number of aliphatic carboxylic acids is 4. The molecule has 113 heavy (non-hydrogen) atoms. The standard InChI is InChI=1S/C74H94N14O25/c1-36(2)14-8-6-4-5-7-9-19-54-63(113-54)73(110)86-53(35-89)70(107)87-61-37(3)112-74(111)52(27-40-33-77-45-18-13-11-16-43(40)45)85-65(102)46(24-25-57(93)94)80-67(104)48(28-55(75)91)79-56(92)34-78-64(101)49(29-58(95)96)84-72(109)62(38-20-22-41(90)23-21-38)88-69(106)51(31-60(99)100)82-68(105)50(30-59(97)98)81-66(103)47(83-71(61)108)26-39-32-76-44-17-12-10-15-42(39)44/h10-13,15-18,20-23,27,32-33,36-37,46-51,53-54,61-64,76-78,89-90,101H,4-9,14,19,24-26,28-31,34-35H2,1-3H3,(H2,75,91)(H,79,92)(H,80,104)(H,81,103)(H,82,105)(H,83,108)(H,84,109)(H,85,102)(H,86,110)(H,87,107)(H,88,106)(H,93,94)(H,95,96)(H,97,98)(H,99,100)/b52-27-/t37-,46-,47-,48-,49+,50+,51+,53+,54-,61+,62-,63+,64?/m1/s1. The van der Waals surface area contributed by atoms with Gasteiger partial charge in [0.1, 0.15) is 72.1 Å². The smallest absolute Gasteiger partial charge is 0.355 e. The number of carbonyl (C=O) groups excluding carboxylic acids is 12. The zero-order valence-electron chi connectivity index (χ0n) is 61.8. The third-order valence-electron chi connectivity index (χ3n) is 18.4. The molecule has 2 aliphatic heterocycles. The zero-order chi connectivity index (χ0) is 82.8. The number of unbranched alkanes of at least 4 members (excludes halogenated alkanes) is 5. The number of H-pyrrole nitrogens is 2. The minimum absolute atomic E-state index is 0.137. The maximum Gasteiger partial charge on any atom is 0.355 e. The van der Waals surface area contributed by atoms with Gasteiger partial charge in [0.25, 0.3) is 5.91 Å². The normalized spacial score (nSPS) is 23.6. The Morgan fingerprint density at radius 1 is 0.602 bits per heavy atom. The van der Waals surface area contributed by atoms with E-state index in [2.05, 4.69) is 82.3 Å². The third-order valence-corrected chi connectivity index (χ3v) is 18.4. The van der Waals surface area contributed by atoms with E-state index in [0.29, 0.717) is 40.6 Å². The number of aromatic nitrogens is 2. The second-order valence-electron chi connectivity index (χ2n) is 27.7. The van der Waals surface area contributed by atoms with Gasteiger partial charge in [-0.2, -0.15) is 0 Å². The fourth-order valence-corrected chi connectivity index (χ4v) is 12.3. The molecule has 11 amide bonds. The number of nitrogens with one attached hydrogen (secondary N) is 13. The van der Waals surface area contributed by atoms with Crippen LogP contribution in [0.5, 0.6) is 5.75 Å². The summed E-state index contributed by atoms with van der Waals surface area (Å²) in [5, 5.41) is 98.0. The van der Waals surface area contributed by atoms with Gasteiger partial charge in [0.05, 0.1) is 51.0 Å². The SMILES string of the molecule is CC(C)CCCCCCCC[C@H]1O[C@@H]1C(=O)N[C@@H](CO)C(=O)N[C@@H]1C(=O)N[C@H](Cc2c[nH]c3ccccc23)C(=O)N[C@@H](CC(=O)O)C(=O)N[C@@H](CC(=O)O)C(=O)N[C@H](c2ccc(O)cc2)C(=O)N[C@@H](CC(=O)O)C(O)NCC(=O)N[C@H](CC(N)=O)C(=O)N[C@H](CCC(=O)O)C(=O)N/C(=C\c2c[nH]c3ccccc23)C(=O)O[C@@H]1C. The van der Waals surface area contributed by atoms with Crippen molar-refractivity contribution in [2.45, 2.75) is 196 Å². The Morgan fingerprint density at radius 3 is 1.77 bits per heavy atom. The van der Waals surface area contributed by atoms with Crippen molar-refractivity contribution in [3.05, 3.63) is 108 Å². The van der Waals surface area contributed by atoms with Gasteiger partial charge in [0, 0.05) is 52.6 Å². The summed E-state index contributed by atoms with van der Waals surface area (Å²) >= 11 is 0. The quantitative estimate of drug-likeness (QED) is 0.0110. The fraction of sp³-hybridized carbons (Fsp3) is 0.459. The van der Waals surface area contributed by atoms with Crippen LogP contribution in [0.25, 0.3) is 27.9 Å². The van der Waals surface area contributed by atoms with E-state index in [-0.39, 0.29) is 16.7 Å². The maximum absolute atomic E-state index is 15.4. The first-order valence-corrected chi connectivity index (χ1v) is 36.4. The van der Waals surface area contributed by atoms with Gasteiger partial charge in [-0.15, -0.1) is 0 Å². The third kappa shape index (κ3) is 27.3. The Hall–Kier alpha value is -12.4. The Balaban J connectivity index is 1.33. The number of carbonyl (C=O) groups is 16. The van der Waals surface area contributed by atoms with Crippen molar-refractivity contribution in [1.82, 2.24) is 68.5 Å². The van der Waals surface area contributed by atoms with Crippen LogP contribution in [0.15, 0.2) is 90.9 Å². The van der Waals surface area contributed by atoms with E-state index in [4.69, 9.17) is 15.2 Å². The van der Waals surface area contributed by atoms with E-state index in [9.17, 15) is 98.1 Å². The van der Waals surface area contributed by atoms with Gasteiger partial charge in [-0.05, 0) is 67.2 Å². The average Bonchev–Trinajstić information content (AvgIpc) is 1.80. The van der Waals surface area contributed by atoms with Crippen molar-refractivity contribution in [1.29, 1.82) is 0 Å². The number of nitrogens with two attached hydrogens (primary N) is 1. The lowest BCUT2D eigenvalue weighted by molar-refractivity contribution is -0.150. The van der Waals surface area contributed by atoms with Crippen LogP contribution >= 0.6 is 0 Å². The van der Waals surface area contributed by atoms with Gasteiger partial charge in [-0.1, -0.05) is 107 Å². The number of para-hydroxylation sites is 2. The molecule has 13 atom stereocenters. The molecule has 4 heterocycles. The largest absolute Gasteiger partial charge is 0.508 e. The van der Waals surface area contributed by atoms with Gasteiger partial charge >= 0.3 is 29.8 Å². The maximum atomic E-state index is 15.4. The summed E-state index contributed by atoms with van der Waals surface area (Å²) in [5.41, 5.74) is 5.68. The van der Waals surface area contributed by atoms with E-state index in [0.717, 1.165) is 75.8 Å². The summed E-state index contributed by atoms with van der Waals surface area (Å²) in [6.07, 6.45) is -2.07. The lowest BCUT2D eigenvalue weighted by atomic mass is 10.0. The molecule has 7 rings (SSSR count). The highest BCUT2D eigenvalue weighted by Gasteiger charge is 2.46. The summed E-state index contributed by atoms with van der Waals surface area (Å²) in [6.45, 7) is 3.08. The van der Waals surface area contributed by atoms with Crippen molar-refractivity contribution < 1.29 is 122 Å². The minimum Gasteiger partial charge on any atom is -0.508 e. The number of aromatic hydroxyl groups is 1. The first kappa shape index (κ1) is 87.9. The summed E-state index contributed by atoms with van der Waals surface area (Å²) in [6, 6.07) is -2.00. The van der Waals surface area contributed by atoms with Crippen LogP contribution in [0, 0.1) is 5.92 Å². The minimum atomic E-state index is -2.33. The van der Waals surface area contributed by atoms with E-state index < -0.39 is 243 Å². The molecule has 2 fully saturated rings. The van der Waals surface area contributed by atoms with Crippen LogP contribution in [-0.4, -0.2) is 227 Å². The number of rotatable bonds is 29. The number of hydrogen-bond donors (Lipinski definition) is 21. The Bertz CT molecular complexity index is 4330. The van der Waals surface area contributed by atoms with Crippen LogP contribution in [0.3, 0.4) is 0 Å². The molecule has 39 heteroatoms. The Morgan fingerprint density at radius 2 is 1.16 bits per heavy atom. The highest BCUT2D eigenvalue weighted by molar-refractivity contribution is 6.04. The van der Waals surface area contributed by atoms with Crippen molar-refractivity contribution in [2.24, 2.45) is 11.7 Å². The van der Waals surface area contributed by atoms with E-state index >= 15 is 14.4 Å². The number of carboxylic acid groups (broad SMARTS) is 4. The monoisotopic (exact) mass is 1580 g/mol. The molecule has 3 aromatic carbocycles. The van der Waals surface area contributed by atoms with Crippen molar-refractivity contribution in [2.75, 3.05) is 13.2 Å². The number of aromatic amines is 2. The molecule has 22 N–H and O–H groups in total. The molecular formula is C74H94N14O25. The number of ether oxygens (including phenoxy) is 2. The number of epoxide rings is 1. The van der Waals surface area contributed by atoms with Crippen molar-refractivity contribution in [3.8, 4) is 5.75 Å². The number of amides is 11. The predicted molar refractivity (Wildman–Crippen MR) is 395 cm³/mol. The number of fused-ring (bicyclic) bond motifs is 2. The average molecular weight is 1580 g/mol. The molecule has 39 nitrogen and oxygen atoms in total. The topological polar surface area (TPSA) is 626 Å². The molecule has 1 unspecified atom stereocenters. The number of cyclic esters (lactones) is 1. The first-order valence-electron chi connectivity index (χ1n) is 36.4. The number of carboxylic acids is 4. The molecule has 5 aromatic rings. The number of benzene rings is 3. The number of phenols is 1. The van der Waals surface area contributed by atoms with E-state index in [1.807, 2.05) is 0 Å². The Kier molecular flexibility index (Phi) is 32.8. The summed E-state index contributed by atoms with van der Waals surface area (Å²) in [4.78, 5) is 228. The number of hydrogen-bond acceptors (Lipinski definition) is 22. The van der Waals surface area contributed by atoms with Gasteiger partial charge in [-0.25, -0.2) is 4.79 Å². The second-order valence-corrected chi connectivity index (χ2v) is 27.7.